The van der Waals surface area contributed by atoms with Crippen LogP contribution in [0, 0.1) is 0 Å². The van der Waals surface area contributed by atoms with Crippen molar-refractivity contribution in [2.24, 2.45) is 0 Å². The van der Waals surface area contributed by atoms with Gasteiger partial charge in [0.25, 0.3) is 0 Å². The number of hydrogen-bond acceptors (Lipinski definition) is 5. The topological polar surface area (TPSA) is 94.6 Å². The van der Waals surface area contributed by atoms with E-state index in [0.717, 1.165) is 24.2 Å². The number of benzene rings is 2. The van der Waals surface area contributed by atoms with Gasteiger partial charge in [0.2, 0.25) is 5.56 Å². The normalized spacial score (nSPS) is 12.4. The highest BCUT2D eigenvalue weighted by Gasteiger charge is 2.21. The molecule has 0 aliphatic carbocycles. The SMILES string of the molecule is COc1ccccc1CCC(C)(C)NCC(O)c1ccc(O)c2[nH]c(=O)ccc12.Cl. The summed E-state index contributed by atoms with van der Waals surface area (Å²) in [5.74, 6) is 0.867. The van der Waals surface area contributed by atoms with Crippen molar-refractivity contribution in [1.82, 2.24) is 10.3 Å². The summed E-state index contributed by atoms with van der Waals surface area (Å²) in [5, 5.41) is 24.8. The number of rotatable bonds is 8. The predicted molar refractivity (Wildman–Crippen MR) is 122 cm³/mol. The molecule has 1 aromatic heterocycles. The van der Waals surface area contributed by atoms with Gasteiger partial charge in [-0.25, -0.2) is 0 Å². The van der Waals surface area contributed by atoms with Gasteiger partial charge in [-0.3, -0.25) is 4.79 Å². The molecule has 3 rings (SSSR count). The number of aryl methyl sites for hydroxylation is 1. The Balaban J connectivity index is 0.00000320. The Hall–Kier alpha value is -2.54. The number of hydrogen-bond donors (Lipinski definition) is 4. The average Bonchev–Trinajstić information content (AvgIpc) is 2.71. The number of aromatic hydroxyl groups is 1. The Morgan fingerprint density at radius 2 is 1.87 bits per heavy atom. The Bertz CT molecular complexity index is 1050. The highest BCUT2D eigenvalue weighted by molar-refractivity contribution is 5.87. The number of pyridine rings is 1. The molecule has 6 nitrogen and oxygen atoms in total. The molecule has 30 heavy (non-hydrogen) atoms. The second-order valence-corrected chi connectivity index (χ2v) is 7.88. The van der Waals surface area contributed by atoms with E-state index in [0.29, 0.717) is 23.0 Å². The van der Waals surface area contributed by atoms with Crippen molar-refractivity contribution < 1.29 is 14.9 Å². The molecule has 1 unspecified atom stereocenters. The molecule has 0 radical (unpaired) electrons. The van der Waals surface area contributed by atoms with Crippen molar-refractivity contribution in [2.45, 2.75) is 38.3 Å². The van der Waals surface area contributed by atoms with Crippen molar-refractivity contribution in [3.05, 3.63) is 70.0 Å². The lowest BCUT2D eigenvalue weighted by Crippen LogP contribution is -2.42. The molecule has 0 saturated heterocycles. The Labute approximate surface area is 182 Å². The standard InChI is InChI=1S/C23H28N2O4.ClH/c1-23(2,13-12-15-6-4-5-7-20(15)29-3)24-14-19(27)16-8-10-18(26)22-17(16)9-11-21(28)25-22;/h4-11,19,24,26-27H,12-14H2,1-3H3,(H,25,28);1H. The molecule has 0 amide bonds. The van der Waals surface area contributed by atoms with Crippen LogP contribution in [-0.4, -0.2) is 34.4 Å². The predicted octanol–water partition coefficient (Wildman–Crippen LogP) is 3.70. The summed E-state index contributed by atoms with van der Waals surface area (Å²) >= 11 is 0. The van der Waals surface area contributed by atoms with Crippen LogP contribution in [-0.2, 0) is 6.42 Å². The lowest BCUT2D eigenvalue weighted by atomic mass is 9.94. The van der Waals surface area contributed by atoms with Gasteiger partial charge in [0.05, 0.1) is 18.7 Å². The number of halogens is 1. The zero-order valence-corrected chi connectivity index (χ0v) is 18.3. The van der Waals surface area contributed by atoms with Gasteiger partial charge in [0, 0.05) is 23.5 Å². The van der Waals surface area contributed by atoms with E-state index in [-0.39, 0.29) is 29.3 Å². The molecule has 1 atom stereocenters. The average molecular weight is 433 g/mol. The second kappa shape index (κ2) is 9.98. The van der Waals surface area contributed by atoms with Gasteiger partial charge in [-0.05, 0) is 56.0 Å². The number of ether oxygens (including phenoxy) is 1. The monoisotopic (exact) mass is 432 g/mol. The molecule has 0 fully saturated rings. The van der Waals surface area contributed by atoms with E-state index < -0.39 is 6.10 Å². The summed E-state index contributed by atoms with van der Waals surface area (Å²) < 4.78 is 5.42. The van der Waals surface area contributed by atoms with E-state index in [4.69, 9.17) is 4.74 Å². The Morgan fingerprint density at radius 1 is 1.13 bits per heavy atom. The fourth-order valence-corrected chi connectivity index (χ4v) is 3.48. The number of β-amino-alcohol motifs (C(OH)–C–C–N with tert-alkyl or cyclic N) is 1. The van der Waals surface area contributed by atoms with Crippen LogP contribution in [0.1, 0.15) is 37.5 Å². The zero-order valence-electron chi connectivity index (χ0n) is 17.4. The van der Waals surface area contributed by atoms with E-state index >= 15 is 0 Å². The first kappa shape index (κ1) is 23.7. The minimum absolute atomic E-state index is 0. The van der Waals surface area contributed by atoms with Crippen LogP contribution < -0.4 is 15.6 Å². The number of aromatic nitrogens is 1. The molecule has 0 aliphatic heterocycles. The molecular weight excluding hydrogens is 404 g/mol. The number of H-pyrrole nitrogens is 1. The summed E-state index contributed by atoms with van der Waals surface area (Å²) in [6.45, 7) is 4.54. The minimum atomic E-state index is -0.783. The summed E-state index contributed by atoms with van der Waals surface area (Å²) in [5.41, 5.74) is 1.64. The first-order valence-electron chi connectivity index (χ1n) is 9.70. The van der Waals surface area contributed by atoms with E-state index in [9.17, 15) is 15.0 Å². The summed E-state index contributed by atoms with van der Waals surface area (Å²) in [7, 11) is 1.67. The third kappa shape index (κ3) is 5.53. The fraction of sp³-hybridized carbons (Fsp3) is 0.348. The maximum atomic E-state index is 11.6. The molecular formula is C23H29ClN2O4. The van der Waals surface area contributed by atoms with E-state index in [1.54, 1.807) is 19.2 Å². The highest BCUT2D eigenvalue weighted by atomic mass is 35.5. The van der Waals surface area contributed by atoms with Crippen molar-refractivity contribution in [3.8, 4) is 11.5 Å². The van der Waals surface area contributed by atoms with Crippen LogP contribution in [0.4, 0.5) is 0 Å². The van der Waals surface area contributed by atoms with Crippen LogP contribution >= 0.6 is 12.4 Å². The fourth-order valence-electron chi connectivity index (χ4n) is 3.48. The third-order valence-electron chi connectivity index (χ3n) is 5.25. The number of phenols is 1. The number of aliphatic hydroxyl groups excluding tert-OH is 1. The van der Waals surface area contributed by atoms with Gasteiger partial charge >= 0.3 is 0 Å². The van der Waals surface area contributed by atoms with Gasteiger partial charge in [0.15, 0.2) is 0 Å². The lowest BCUT2D eigenvalue weighted by molar-refractivity contribution is 0.160. The van der Waals surface area contributed by atoms with Gasteiger partial charge in [0.1, 0.15) is 11.5 Å². The van der Waals surface area contributed by atoms with Crippen LogP contribution in [0.5, 0.6) is 11.5 Å². The Kier molecular flexibility index (Phi) is 7.89. The Morgan fingerprint density at radius 3 is 2.60 bits per heavy atom. The maximum Gasteiger partial charge on any atom is 0.248 e. The van der Waals surface area contributed by atoms with E-state index in [1.807, 2.05) is 18.2 Å². The number of nitrogens with one attached hydrogen (secondary N) is 2. The molecule has 0 aliphatic rings. The number of aliphatic hydroxyl groups is 1. The molecule has 4 N–H and O–H groups in total. The van der Waals surface area contributed by atoms with Crippen molar-refractivity contribution >= 4 is 23.3 Å². The van der Waals surface area contributed by atoms with Gasteiger partial charge in [-0.2, -0.15) is 0 Å². The largest absolute Gasteiger partial charge is 0.506 e. The number of methoxy groups -OCH3 is 1. The minimum Gasteiger partial charge on any atom is -0.506 e. The highest BCUT2D eigenvalue weighted by Crippen LogP contribution is 2.29. The number of phenolic OH excluding ortho intramolecular Hbond substituents is 1. The smallest absolute Gasteiger partial charge is 0.248 e. The van der Waals surface area contributed by atoms with E-state index in [2.05, 4.69) is 30.2 Å². The number of fused-ring (bicyclic) bond motifs is 1. The second-order valence-electron chi connectivity index (χ2n) is 7.88. The zero-order chi connectivity index (χ0) is 21.0. The molecule has 2 aromatic carbocycles. The van der Waals surface area contributed by atoms with Crippen LogP contribution in [0.25, 0.3) is 10.9 Å². The van der Waals surface area contributed by atoms with Crippen molar-refractivity contribution in [3.63, 3.8) is 0 Å². The van der Waals surface area contributed by atoms with Gasteiger partial charge in [-0.15, -0.1) is 12.4 Å². The van der Waals surface area contributed by atoms with Gasteiger partial charge in [-0.1, -0.05) is 24.3 Å². The molecule has 162 valence electrons. The molecule has 3 aromatic rings. The molecule has 0 saturated carbocycles. The van der Waals surface area contributed by atoms with Crippen molar-refractivity contribution in [1.29, 1.82) is 0 Å². The quantitative estimate of drug-likeness (QED) is 0.435. The van der Waals surface area contributed by atoms with Crippen LogP contribution in [0.15, 0.2) is 53.3 Å². The third-order valence-corrected chi connectivity index (χ3v) is 5.25. The first-order chi connectivity index (χ1) is 13.8. The summed E-state index contributed by atoms with van der Waals surface area (Å²) in [6, 6.07) is 14.2. The molecule has 7 heteroatoms. The molecule has 0 spiro atoms. The number of aromatic amines is 1. The lowest BCUT2D eigenvalue weighted by Gasteiger charge is -2.28. The van der Waals surface area contributed by atoms with Crippen LogP contribution in [0.3, 0.4) is 0 Å². The number of para-hydroxylation sites is 1. The summed E-state index contributed by atoms with van der Waals surface area (Å²) in [6.07, 6.45) is 0.933. The van der Waals surface area contributed by atoms with Crippen LogP contribution in [0.2, 0.25) is 0 Å². The molecule has 1 heterocycles. The maximum absolute atomic E-state index is 11.6. The summed E-state index contributed by atoms with van der Waals surface area (Å²) in [4.78, 5) is 14.2. The molecule has 0 bridgehead atoms. The first-order valence-corrected chi connectivity index (χ1v) is 9.70. The van der Waals surface area contributed by atoms with E-state index in [1.165, 1.54) is 12.1 Å². The van der Waals surface area contributed by atoms with Crippen molar-refractivity contribution in [2.75, 3.05) is 13.7 Å². The van der Waals surface area contributed by atoms with Gasteiger partial charge < -0.3 is 25.3 Å².